The van der Waals surface area contributed by atoms with Gasteiger partial charge in [0.15, 0.2) is 0 Å². The second kappa shape index (κ2) is 4.42. The van der Waals surface area contributed by atoms with E-state index in [-0.39, 0.29) is 18.4 Å². The molecule has 0 aliphatic carbocycles. The Morgan fingerprint density at radius 1 is 1.75 bits per heavy atom. The standard InChI is InChI=1S/C8H15NO3/c1-12-3-2-9-5-7(6-10)4-8(9)11/h7,10H,2-6H2,1H3/t7-/m1/s1. The van der Waals surface area contributed by atoms with Gasteiger partial charge in [-0.05, 0) is 0 Å². The van der Waals surface area contributed by atoms with Crippen LogP contribution >= 0.6 is 0 Å². The van der Waals surface area contributed by atoms with Crippen molar-refractivity contribution in [2.24, 2.45) is 5.92 Å². The number of carbonyl (C=O) groups excluding carboxylic acids is 1. The maximum Gasteiger partial charge on any atom is 0.223 e. The molecule has 1 atom stereocenters. The summed E-state index contributed by atoms with van der Waals surface area (Å²) in [5.74, 6) is 0.264. The van der Waals surface area contributed by atoms with Crippen molar-refractivity contribution in [3.8, 4) is 0 Å². The number of carbonyl (C=O) groups is 1. The summed E-state index contributed by atoms with van der Waals surface area (Å²) < 4.78 is 4.86. The van der Waals surface area contributed by atoms with Crippen molar-refractivity contribution in [3.63, 3.8) is 0 Å². The van der Waals surface area contributed by atoms with Gasteiger partial charge < -0.3 is 14.7 Å². The number of aliphatic hydroxyl groups is 1. The van der Waals surface area contributed by atoms with E-state index in [1.165, 1.54) is 0 Å². The fraction of sp³-hybridized carbons (Fsp3) is 0.875. The Morgan fingerprint density at radius 3 is 3.00 bits per heavy atom. The third kappa shape index (κ3) is 2.19. The maximum atomic E-state index is 11.2. The SMILES string of the molecule is COCCN1C[C@H](CO)CC1=O. The number of nitrogens with zero attached hydrogens (tertiary/aromatic N) is 1. The normalized spacial score (nSPS) is 23.7. The molecule has 4 heteroatoms. The quantitative estimate of drug-likeness (QED) is 0.622. The lowest BCUT2D eigenvalue weighted by Crippen LogP contribution is -2.29. The van der Waals surface area contributed by atoms with Crippen molar-refractivity contribution in [2.75, 3.05) is 33.4 Å². The Hall–Kier alpha value is -0.610. The summed E-state index contributed by atoms with van der Waals surface area (Å²) in [5, 5.41) is 8.82. The van der Waals surface area contributed by atoms with Gasteiger partial charge >= 0.3 is 0 Å². The second-order valence-corrected chi connectivity index (χ2v) is 3.09. The van der Waals surface area contributed by atoms with Crippen LogP contribution in [0.5, 0.6) is 0 Å². The number of methoxy groups -OCH3 is 1. The predicted octanol–water partition coefficient (Wildman–Crippen LogP) is -0.526. The highest BCUT2D eigenvalue weighted by Crippen LogP contribution is 2.16. The lowest BCUT2D eigenvalue weighted by Gasteiger charge is -2.14. The third-order valence-electron chi connectivity index (χ3n) is 2.12. The van der Waals surface area contributed by atoms with E-state index >= 15 is 0 Å². The summed E-state index contributed by atoms with van der Waals surface area (Å²) in [6.07, 6.45) is 0.486. The number of amides is 1. The highest BCUT2D eigenvalue weighted by atomic mass is 16.5. The Morgan fingerprint density at radius 2 is 2.50 bits per heavy atom. The van der Waals surface area contributed by atoms with Crippen molar-refractivity contribution in [1.82, 2.24) is 4.90 Å². The number of ether oxygens (including phenoxy) is 1. The Bertz CT molecular complexity index is 160. The molecule has 1 amide bonds. The highest BCUT2D eigenvalue weighted by Gasteiger charge is 2.28. The molecule has 1 saturated heterocycles. The van der Waals surface area contributed by atoms with Crippen LogP contribution in [0, 0.1) is 5.92 Å². The molecule has 0 bridgehead atoms. The van der Waals surface area contributed by atoms with E-state index in [4.69, 9.17) is 9.84 Å². The summed E-state index contributed by atoms with van der Waals surface area (Å²) in [6.45, 7) is 2.00. The number of rotatable bonds is 4. The molecule has 0 aromatic carbocycles. The van der Waals surface area contributed by atoms with Gasteiger partial charge in [-0.25, -0.2) is 0 Å². The van der Waals surface area contributed by atoms with Crippen LogP contribution in [-0.4, -0.2) is 49.3 Å². The van der Waals surface area contributed by atoms with E-state index in [1.54, 1.807) is 12.0 Å². The lowest BCUT2D eigenvalue weighted by molar-refractivity contribution is -0.128. The van der Waals surface area contributed by atoms with Gasteiger partial charge in [-0.15, -0.1) is 0 Å². The van der Waals surface area contributed by atoms with E-state index in [9.17, 15) is 4.79 Å². The fourth-order valence-electron chi connectivity index (χ4n) is 1.39. The summed E-state index contributed by atoms with van der Waals surface area (Å²) in [4.78, 5) is 12.9. The molecule has 0 aromatic heterocycles. The third-order valence-corrected chi connectivity index (χ3v) is 2.12. The minimum absolute atomic E-state index is 0.106. The molecular formula is C8H15NO3. The average molecular weight is 173 g/mol. The van der Waals surface area contributed by atoms with Crippen molar-refractivity contribution in [1.29, 1.82) is 0 Å². The molecule has 1 aliphatic heterocycles. The average Bonchev–Trinajstić information content (AvgIpc) is 2.43. The number of likely N-dealkylation sites (tertiary alicyclic amines) is 1. The molecule has 70 valence electrons. The van der Waals surface area contributed by atoms with Crippen LogP contribution in [0.25, 0.3) is 0 Å². The first-order chi connectivity index (χ1) is 5.77. The number of hydrogen-bond donors (Lipinski definition) is 1. The van der Waals surface area contributed by atoms with E-state index in [0.717, 1.165) is 0 Å². The van der Waals surface area contributed by atoms with Crippen LogP contribution < -0.4 is 0 Å². The molecule has 1 rings (SSSR count). The predicted molar refractivity (Wildman–Crippen MR) is 43.6 cm³/mol. The van der Waals surface area contributed by atoms with Crippen LogP contribution in [0.3, 0.4) is 0 Å². The van der Waals surface area contributed by atoms with Crippen molar-refractivity contribution >= 4 is 5.91 Å². The lowest BCUT2D eigenvalue weighted by atomic mass is 10.1. The maximum absolute atomic E-state index is 11.2. The molecule has 1 heterocycles. The van der Waals surface area contributed by atoms with Gasteiger partial charge in [0.1, 0.15) is 0 Å². The van der Waals surface area contributed by atoms with Crippen molar-refractivity contribution < 1.29 is 14.6 Å². The zero-order valence-corrected chi connectivity index (χ0v) is 7.32. The summed E-state index contributed by atoms with van der Waals surface area (Å²) in [6, 6.07) is 0. The van der Waals surface area contributed by atoms with Crippen LogP contribution in [0.2, 0.25) is 0 Å². The van der Waals surface area contributed by atoms with Gasteiger partial charge in [0.25, 0.3) is 0 Å². The zero-order valence-electron chi connectivity index (χ0n) is 7.32. The van der Waals surface area contributed by atoms with Gasteiger partial charge in [0.2, 0.25) is 5.91 Å². The monoisotopic (exact) mass is 173 g/mol. The topological polar surface area (TPSA) is 49.8 Å². The molecule has 0 aromatic rings. The highest BCUT2D eigenvalue weighted by molar-refractivity contribution is 5.78. The van der Waals surface area contributed by atoms with Gasteiger partial charge in [0, 0.05) is 39.1 Å². The second-order valence-electron chi connectivity index (χ2n) is 3.09. The number of hydrogen-bond acceptors (Lipinski definition) is 3. The van der Waals surface area contributed by atoms with Gasteiger partial charge in [0.05, 0.1) is 6.61 Å². The summed E-state index contributed by atoms with van der Waals surface area (Å²) in [7, 11) is 1.62. The molecule has 0 spiro atoms. The van der Waals surface area contributed by atoms with E-state index < -0.39 is 0 Å². The molecule has 1 aliphatic rings. The molecule has 0 unspecified atom stereocenters. The Labute approximate surface area is 72.1 Å². The Kier molecular flexibility index (Phi) is 3.49. The van der Waals surface area contributed by atoms with Crippen molar-refractivity contribution in [3.05, 3.63) is 0 Å². The first kappa shape index (κ1) is 9.48. The van der Waals surface area contributed by atoms with Crippen LogP contribution in [-0.2, 0) is 9.53 Å². The van der Waals surface area contributed by atoms with Crippen molar-refractivity contribution in [2.45, 2.75) is 6.42 Å². The summed E-state index contributed by atoms with van der Waals surface area (Å²) >= 11 is 0. The first-order valence-electron chi connectivity index (χ1n) is 4.15. The molecule has 12 heavy (non-hydrogen) atoms. The smallest absolute Gasteiger partial charge is 0.223 e. The van der Waals surface area contributed by atoms with Crippen LogP contribution in [0.1, 0.15) is 6.42 Å². The van der Waals surface area contributed by atoms with E-state index in [2.05, 4.69) is 0 Å². The van der Waals surface area contributed by atoms with Crippen LogP contribution in [0.15, 0.2) is 0 Å². The summed E-state index contributed by atoms with van der Waals surface area (Å²) in [5.41, 5.74) is 0. The Balaban J connectivity index is 2.31. The zero-order chi connectivity index (χ0) is 8.97. The van der Waals surface area contributed by atoms with Crippen LogP contribution in [0.4, 0.5) is 0 Å². The molecule has 1 fully saturated rings. The minimum atomic E-state index is 0.106. The van der Waals surface area contributed by atoms with E-state index in [1.807, 2.05) is 0 Å². The fourth-order valence-corrected chi connectivity index (χ4v) is 1.39. The first-order valence-corrected chi connectivity index (χ1v) is 4.15. The molecule has 0 radical (unpaired) electrons. The minimum Gasteiger partial charge on any atom is -0.396 e. The molecular weight excluding hydrogens is 158 g/mol. The van der Waals surface area contributed by atoms with Gasteiger partial charge in [-0.3, -0.25) is 4.79 Å². The van der Waals surface area contributed by atoms with Gasteiger partial charge in [-0.1, -0.05) is 0 Å². The van der Waals surface area contributed by atoms with E-state index in [0.29, 0.717) is 26.1 Å². The largest absolute Gasteiger partial charge is 0.396 e. The molecule has 1 N–H and O–H groups in total. The molecule has 0 saturated carbocycles. The van der Waals surface area contributed by atoms with Gasteiger partial charge in [-0.2, -0.15) is 0 Å². The number of aliphatic hydroxyl groups excluding tert-OH is 1. The molecule has 4 nitrogen and oxygen atoms in total.